The van der Waals surface area contributed by atoms with Crippen LogP contribution in [0.4, 0.5) is 17.1 Å². The lowest BCUT2D eigenvalue weighted by Crippen LogP contribution is -2.21. The van der Waals surface area contributed by atoms with E-state index in [2.05, 4.69) is 99.1 Å². The van der Waals surface area contributed by atoms with Gasteiger partial charge in [-0.15, -0.1) is 0 Å². The Morgan fingerprint density at radius 3 is 1.81 bits per heavy atom. The van der Waals surface area contributed by atoms with Crippen molar-refractivity contribution in [2.45, 2.75) is 32.6 Å². The van der Waals surface area contributed by atoms with E-state index in [1.807, 2.05) is 73.6 Å². The van der Waals surface area contributed by atoms with Crippen molar-refractivity contribution < 1.29 is 0 Å². The summed E-state index contributed by atoms with van der Waals surface area (Å²) in [6.45, 7) is 18.3. The SMILES string of the molecule is [C-]#[N+]c1ccc(Cn2cncc2CN2CCc3ccccc32)cc1.[C-]#[N+]c1ccc(Cn2cncc2Cn2ccc3ccccc32)cc1. The lowest BCUT2D eigenvalue weighted by Gasteiger charge is -2.20. The number of imidazole rings is 2. The Balaban J connectivity index is 0.000000152. The van der Waals surface area contributed by atoms with Gasteiger partial charge in [0.05, 0.1) is 50.3 Å². The molecule has 7 aromatic rings. The van der Waals surface area contributed by atoms with Gasteiger partial charge >= 0.3 is 0 Å². The molecule has 0 amide bonds. The van der Waals surface area contributed by atoms with E-state index in [-0.39, 0.29) is 0 Å². The average Bonchev–Trinajstić information content (AvgIpc) is 3.95. The van der Waals surface area contributed by atoms with Gasteiger partial charge in [0.2, 0.25) is 0 Å². The van der Waals surface area contributed by atoms with Gasteiger partial charge in [-0.3, -0.25) is 0 Å². The zero-order valence-corrected chi connectivity index (χ0v) is 26.5. The van der Waals surface area contributed by atoms with Gasteiger partial charge in [-0.25, -0.2) is 19.7 Å². The summed E-state index contributed by atoms with van der Waals surface area (Å²) in [6, 6.07) is 34.7. The lowest BCUT2D eigenvalue weighted by molar-refractivity contribution is 0.698. The molecule has 4 heterocycles. The molecule has 48 heavy (non-hydrogen) atoms. The molecule has 0 N–H and O–H groups in total. The summed E-state index contributed by atoms with van der Waals surface area (Å²) in [5.74, 6) is 0. The van der Waals surface area contributed by atoms with E-state index in [1.165, 1.54) is 39.0 Å². The molecule has 234 valence electrons. The predicted octanol–water partition coefficient (Wildman–Crippen LogP) is 8.53. The highest BCUT2D eigenvalue weighted by atomic mass is 15.2. The maximum atomic E-state index is 7.03. The molecule has 8 nitrogen and oxygen atoms in total. The Morgan fingerprint density at radius 1 is 0.583 bits per heavy atom. The molecule has 3 aromatic heterocycles. The molecule has 0 atom stereocenters. The molecule has 1 aliphatic rings. The summed E-state index contributed by atoms with van der Waals surface area (Å²) in [5, 5.41) is 1.25. The number of anilines is 1. The van der Waals surface area contributed by atoms with Gasteiger partial charge in [-0.05, 0) is 46.7 Å². The normalized spacial score (nSPS) is 11.8. The van der Waals surface area contributed by atoms with Crippen LogP contribution < -0.4 is 4.90 Å². The van der Waals surface area contributed by atoms with Gasteiger partial charge in [0, 0.05) is 49.4 Å². The Labute approximate surface area is 280 Å². The van der Waals surface area contributed by atoms with Crippen LogP contribution in [0.25, 0.3) is 20.6 Å². The van der Waals surface area contributed by atoms with E-state index in [0.717, 1.165) is 44.8 Å². The molecule has 8 heteroatoms. The van der Waals surface area contributed by atoms with Crippen LogP contribution in [-0.4, -0.2) is 30.2 Å². The van der Waals surface area contributed by atoms with Crippen LogP contribution in [0.1, 0.15) is 28.1 Å². The molecule has 0 saturated carbocycles. The van der Waals surface area contributed by atoms with Gasteiger partial charge < -0.3 is 18.6 Å². The topological polar surface area (TPSA) is 52.5 Å². The minimum Gasteiger partial charge on any atom is -0.365 e. The van der Waals surface area contributed by atoms with E-state index in [0.29, 0.717) is 11.4 Å². The summed E-state index contributed by atoms with van der Waals surface area (Å²) in [6.07, 6.45) is 10.9. The van der Waals surface area contributed by atoms with Crippen LogP contribution in [-0.2, 0) is 32.6 Å². The van der Waals surface area contributed by atoms with Crippen molar-refractivity contribution in [2.24, 2.45) is 0 Å². The zero-order valence-electron chi connectivity index (χ0n) is 26.5. The van der Waals surface area contributed by atoms with Crippen molar-refractivity contribution in [2.75, 3.05) is 11.4 Å². The number of hydrogen-bond acceptors (Lipinski definition) is 3. The Hall–Kier alpha value is -6.38. The number of nitrogens with zero attached hydrogens (tertiary/aromatic N) is 8. The van der Waals surface area contributed by atoms with Gasteiger partial charge in [-0.2, -0.15) is 0 Å². The average molecular weight is 627 g/mol. The van der Waals surface area contributed by atoms with Crippen LogP contribution in [0.2, 0.25) is 0 Å². The summed E-state index contributed by atoms with van der Waals surface area (Å²) < 4.78 is 6.58. The van der Waals surface area contributed by atoms with Crippen LogP contribution in [0.5, 0.6) is 0 Å². The second-order valence-electron chi connectivity index (χ2n) is 11.9. The maximum absolute atomic E-state index is 7.03. The smallest absolute Gasteiger partial charge is 0.187 e. The van der Waals surface area contributed by atoms with Crippen LogP contribution in [0, 0.1) is 13.1 Å². The molecule has 0 radical (unpaired) electrons. The number of rotatable bonds is 8. The zero-order chi connectivity index (χ0) is 32.7. The van der Waals surface area contributed by atoms with Crippen molar-refractivity contribution in [1.29, 1.82) is 0 Å². The van der Waals surface area contributed by atoms with Gasteiger partial charge in [0.25, 0.3) is 0 Å². The number of aromatic nitrogens is 5. The Morgan fingerprint density at radius 2 is 1.17 bits per heavy atom. The van der Waals surface area contributed by atoms with E-state index in [9.17, 15) is 0 Å². The first-order valence-corrected chi connectivity index (χ1v) is 15.9. The van der Waals surface area contributed by atoms with Gasteiger partial charge in [-0.1, -0.05) is 84.9 Å². The van der Waals surface area contributed by atoms with Gasteiger partial charge in [0.1, 0.15) is 0 Å². The highest BCUT2D eigenvalue weighted by Crippen LogP contribution is 2.29. The number of hydrogen-bond donors (Lipinski definition) is 0. The molecule has 4 aromatic carbocycles. The highest BCUT2D eigenvalue weighted by molar-refractivity contribution is 5.80. The molecular weight excluding hydrogens is 592 g/mol. The first kappa shape index (κ1) is 30.3. The second kappa shape index (κ2) is 13.9. The first-order valence-electron chi connectivity index (χ1n) is 15.9. The Bertz CT molecular complexity index is 2220. The van der Waals surface area contributed by atoms with Crippen LogP contribution >= 0.6 is 0 Å². The molecular formula is C40H34N8. The molecule has 0 bridgehead atoms. The molecule has 0 unspecified atom stereocenters. The summed E-state index contributed by atoms with van der Waals surface area (Å²) in [5.41, 5.74) is 10.1. The third-order valence-corrected chi connectivity index (χ3v) is 8.78. The Kier molecular flexibility index (Phi) is 8.80. The largest absolute Gasteiger partial charge is 0.365 e. The summed E-state index contributed by atoms with van der Waals surface area (Å²) in [4.78, 5) is 17.9. The number of benzene rings is 4. The summed E-state index contributed by atoms with van der Waals surface area (Å²) >= 11 is 0. The standard InChI is InChI=1S/C20H18N4.C20H16N4/c2*1-21-18-8-6-16(7-9-18)13-24-15-22-12-19(24)14-23-11-10-17-4-2-3-5-20(17)23/h2-9,12,15H,10-11,13-14H2;2-12,15H,13-14H2. The van der Waals surface area contributed by atoms with E-state index in [4.69, 9.17) is 13.1 Å². The summed E-state index contributed by atoms with van der Waals surface area (Å²) in [7, 11) is 0. The van der Waals surface area contributed by atoms with Crippen LogP contribution in [0.3, 0.4) is 0 Å². The monoisotopic (exact) mass is 626 g/mol. The minimum absolute atomic E-state index is 0.670. The number of para-hydroxylation sites is 2. The fourth-order valence-corrected chi connectivity index (χ4v) is 6.21. The lowest BCUT2D eigenvalue weighted by atomic mass is 10.2. The molecule has 8 rings (SSSR count). The quantitative estimate of drug-likeness (QED) is 0.159. The molecule has 0 fully saturated rings. The van der Waals surface area contributed by atoms with Crippen LogP contribution in [0.15, 0.2) is 134 Å². The van der Waals surface area contributed by atoms with E-state index < -0.39 is 0 Å². The second-order valence-corrected chi connectivity index (χ2v) is 11.9. The van der Waals surface area contributed by atoms with E-state index >= 15 is 0 Å². The highest BCUT2D eigenvalue weighted by Gasteiger charge is 2.19. The van der Waals surface area contributed by atoms with E-state index in [1.54, 1.807) is 0 Å². The third kappa shape index (κ3) is 6.74. The molecule has 0 aliphatic carbocycles. The molecule has 0 spiro atoms. The predicted molar refractivity (Wildman–Crippen MR) is 190 cm³/mol. The maximum Gasteiger partial charge on any atom is 0.187 e. The van der Waals surface area contributed by atoms with Crippen molar-refractivity contribution in [3.63, 3.8) is 0 Å². The van der Waals surface area contributed by atoms with Crippen molar-refractivity contribution in [3.8, 4) is 0 Å². The fourth-order valence-electron chi connectivity index (χ4n) is 6.21. The third-order valence-electron chi connectivity index (χ3n) is 8.78. The fraction of sp³-hybridized carbons (Fsp3) is 0.150. The van der Waals surface area contributed by atoms with Crippen molar-refractivity contribution >= 4 is 28.0 Å². The number of fused-ring (bicyclic) bond motifs is 2. The van der Waals surface area contributed by atoms with Gasteiger partial charge in [0.15, 0.2) is 11.4 Å². The van der Waals surface area contributed by atoms with Crippen molar-refractivity contribution in [1.82, 2.24) is 23.7 Å². The molecule has 0 saturated heterocycles. The van der Waals surface area contributed by atoms with Crippen molar-refractivity contribution in [3.05, 3.63) is 185 Å². The first-order chi connectivity index (χ1) is 23.7. The molecule has 1 aliphatic heterocycles. The minimum atomic E-state index is 0.670.